The van der Waals surface area contributed by atoms with Crippen LogP contribution in [0.5, 0.6) is 5.75 Å². The summed E-state index contributed by atoms with van der Waals surface area (Å²) < 4.78 is 6.94. The Hall–Kier alpha value is -2.89. The summed E-state index contributed by atoms with van der Waals surface area (Å²) in [4.78, 5) is 16.5. The molecule has 3 aromatic rings. The van der Waals surface area contributed by atoms with Crippen LogP contribution >= 0.6 is 0 Å². The third-order valence-electron chi connectivity index (χ3n) is 4.40. The van der Waals surface area contributed by atoms with E-state index in [9.17, 15) is 4.79 Å². The third-order valence-corrected chi connectivity index (χ3v) is 4.40. The number of pyridine rings is 1. The van der Waals surface area contributed by atoms with E-state index < -0.39 is 0 Å². The number of carbonyl (C=O) groups is 1. The van der Waals surface area contributed by atoms with Crippen molar-refractivity contribution in [2.75, 3.05) is 12.4 Å². The number of rotatable bonds is 7. The topological polar surface area (TPSA) is 68.5 Å². The van der Waals surface area contributed by atoms with E-state index in [0.717, 1.165) is 35.6 Å². The number of hydrogen-bond donors (Lipinski definition) is 1. The smallest absolute Gasteiger partial charge is 0.159 e. The summed E-state index contributed by atoms with van der Waals surface area (Å²) in [5, 5.41) is 7.88. The minimum absolute atomic E-state index is 0.235. The molecule has 1 aliphatic carbocycles. The number of Topliss-reactive ketones (excluding diaryl/α,β-unsaturated/α-hetero) is 1. The predicted molar refractivity (Wildman–Crippen MR) is 94.7 cm³/mol. The van der Waals surface area contributed by atoms with Crippen molar-refractivity contribution in [3.63, 3.8) is 0 Å². The zero-order chi connectivity index (χ0) is 17.2. The normalized spacial score (nSPS) is 13.8. The van der Waals surface area contributed by atoms with Gasteiger partial charge in [-0.15, -0.1) is 5.10 Å². The van der Waals surface area contributed by atoms with Crippen molar-refractivity contribution in [1.29, 1.82) is 0 Å². The lowest BCUT2D eigenvalue weighted by Crippen LogP contribution is -2.07. The Kier molecular flexibility index (Phi) is 4.09. The molecule has 128 valence electrons. The van der Waals surface area contributed by atoms with Crippen LogP contribution in [0.2, 0.25) is 0 Å². The number of carbonyl (C=O) groups excluding carboxylic acids is 1. The average Bonchev–Trinajstić information content (AvgIpc) is 3.41. The first-order chi connectivity index (χ1) is 12.2. The molecule has 0 amide bonds. The monoisotopic (exact) mass is 336 g/mol. The number of hydrogen-bond acceptors (Lipinski definition) is 5. The predicted octanol–water partition coefficient (Wildman–Crippen LogP) is 2.87. The molecule has 2 aromatic heterocycles. The molecule has 0 bridgehead atoms. The highest BCUT2D eigenvalue weighted by Crippen LogP contribution is 2.30. The Morgan fingerprint density at radius 1 is 1.24 bits per heavy atom. The van der Waals surface area contributed by atoms with Crippen LogP contribution in [-0.2, 0) is 17.8 Å². The molecule has 25 heavy (non-hydrogen) atoms. The van der Waals surface area contributed by atoms with Gasteiger partial charge in [-0.05, 0) is 42.7 Å². The van der Waals surface area contributed by atoms with Gasteiger partial charge >= 0.3 is 0 Å². The van der Waals surface area contributed by atoms with Crippen molar-refractivity contribution in [2.45, 2.75) is 25.8 Å². The Balaban J connectivity index is 1.50. The Morgan fingerprint density at radius 2 is 2.04 bits per heavy atom. The fourth-order valence-corrected chi connectivity index (χ4v) is 2.80. The van der Waals surface area contributed by atoms with Crippen LogP contribution in [0.25, 0.3) is 5.65 Å². The first-order valence-electron chi connectivity index (χ1n) is 8.47. The highest BCUT2D eigenvalue weighted by Gasteiger charge is 2.30. The van der Waals surface area contributed by atoms with Gasteiger partial charge in [0.15, 0.2) is 11.5 Å². The number of benzene rings is 1. The highest BCUT2D eigenvalue weighted by atomic mass is 16.5. The Labute approximate surface area is 145 Å². The summed E-state index contributed by atoms with van der Waals surface area (Å²) in [6, 6.07) is 13.7. The average molecular weight is 336 g/mol. The fourth-order valence-electron chi connectivity index (χ4n) is 2.80. The lowest BCUT2D eigenvalue weighted by molar-refractivity contribution is -0.119. The molecule has 6 heteroatoms. The van der Waals surface area contributed by atoms with Crippen LogP contribution in [0.15, 0.2) is 42.5 Å². The number of fused-ring (bicyclic) bond motifs is 1. The van der Waals surface area contributed by atoms with Gasteiger partial charge in [-0.25, -0.2) is 4.98 Å². The summed E-state index contributed by atoms with van der Waals surface area (Å²) in [5.74, 6) is 2.77. The van der Waals surface area contributed by atoms with Gasteiger partial charge in [0.2, 0.25) is 0 Å². The number of aromatic nitrogens is 3. The molecule has 1 aromatic carbocycles. The van der Waals surface area contributed by atoms with Crippen molar-refractivity contribution in [2.24, 2.45) is 5.92 Å². The number of anilines is 1. The van der Waals surface area contributed by atoms with Crippen LogP contribution < -0.4 is 10.1 Å². The van der Waals surface area contributed by atoms with Crippen molar-refractivity contribution in [3.8, 4) is 5.75 Å². The summed E-state index contributed by atoms with van der Waals surface area (Å²) in [7, 11) is 1.66. The van der Waals surface area contributed by atoms with Crippen LogP contribution in [0.1, 0.15) is 24.2 Å². The van der Waals surface area contributed by atoms with E-state index in [-0.39, 0.29) is 11.7 Å². The van der Waals surface area contributed by atoms with Gasteiger partial charge in [-0.1, -0.05) is 18.2 Å². The molecule has 0 atom stereocenters. The molecular weight excluding hydrogens is 316 g/mol. The van der Waals surface area contributed by atoms with Crippen molar-refractivity contribution in [3.05, 3.63) is 53.9 Å². The van der Waals surface area contributed by atoms with Gasteiger partial charge in [-0.3, -0.25) is 4.79 Å². The number of nitrogens with zero attached hydrogens (tertiary/aromatic N) is 3. The SMILES string of the molecule is COc1ccc(CNc2cccc3nc(CC(=O)C4CC4)nn23)cc1. The molecule has 1 N–H and O–H groups in total. The van der Waals surface area contributed by atoms with Crippen LogP contribution in [-0.4, -0.2) is 27.5 Å². The highest BCUT2D eigenvalue weighted by molar-refractivity contribution is 5.84. The molecule has 1 saturated carbocycles. The molecule has 0 spiro atoms. The molecule has 0 radical (unpaired) electrons. The molecule has 0 unspecified atom stereocenters. The minimum atomic E-state index is 0.235. The van der Waals surface area contributed by atoms with Gasteiger partial charge in [0.05, 0.1) is 13.5 Å². The molecule has 2 heterocycles. The maximum Gasteiger partial charge on any atom is 0.159 e. The van der Waals surface area contributed by atoms with Gasteiger partial charge in [0.1, 0.15) is 17.4 Å². The lowest BCUT2D eigenvalue weighted by Gasteiger charge is -2.08. The van der Waals surface area contributed by atoms with E-state index in [1.165, 1.54) is 0 Å². The van der Waals surface area contributed by atoms with E-state index in [0.29, 0.717) is 18.8 Å². The number of nitrogens with one attached hydrogen (secondary N) is 1. The van der Waals surface area contributed by atoms with Gasteiger partial charge < -0.3 is 10.1 Å². The molecular formula is C19H20N4O2. The molecule has 4 rings (SSSR count). The van der Waals surface area contributed by atoms with Crippen LogP contribution in [0.4, 0.5) is 5.82 Å². The van der Waals surface area contributed by atoms with Gasteiger partial charge in [0, 0.05) is 12.5 Å². The summed E-state index contributed by atoms with van der Waals surface area (Å²) in [5.41, 5.74) is 1.89. The maximum absolute atomic E-state index is 12.0. The standard InChI is InChI=1S/C19H20N4O2/c1-25-15-9-5-13(6-10-15)12-20-18-3-2-4-19-21-17(22-23(18)19)11-16(24)14-7-8-14/h2-6,9-10,14,20H,7-8,11-12H2,1H3. The van der Waals surface area contributed by atoms with Crippen molar-refractivity contribution in [1.82, 2.24) is 14.6 Å². The van der Waals surface area contributed by atoms with E-state index >= 15 is 0 Å². The van der Waals surface area contributed by atoms with Crippen molar-refractivity contribution >= 4 is 17.2 Å². The second-order valence-corrected chi connectivity index (χ2v) is 6.33. The maximum atomic E-state index is 12.0. The fraction of sp³-hybridized carbons (Fsp3) is 0.316. The second kappa shape index (κ2) is 6.55. The van der Waals surface area contributed by atoms with E-state index in [4.69, 9.17) is 4.74 Å². The van der Waals surface area contributed by atoms with E-state index in [1.54, 1.807) is 11.6 Å². The Bertz CT molecular complexity index is 897. The first kappa shape index (κ1) is 15.6. The van der Waals surface area contributed by atoms with Gasteiger partial charge in [0.25, 0.3) is 0 Å². The quantitative estimate of drug-likeness (QED) is 0.718. The first-order valence-corrected chi connectivity index (χ1v) is 8.47. The minimum Gasteiger partial charge on any atom is -0.497 e. The number of methoxy groups -OCH3 is 1. The molecule has 1 fully saturated rings. The molecule has 0 saturated heterocycles. The number of ether oxygens (including phenoxy) is 1. The second-order valence-electron chi connectivity index (χ2n) is 6.33. The number of ketones is 1. The molecule has 0 aliphatic heterocycles. The zero-order valence-electron chi connectivity index (χ0n) is 14.1. The van der Waals surface area contributed by atoms with E-state index in [1.807, 2.05) is 42.5 Å². The summed E-state index contributed by atoms with van der Waals surface area (Å²) in [6.07, 6.45) is 2.35. The molecule has 6 nitrogen and oxygen atoms in total. The van der Waals surface area contributed by atoms with Crippen LogP contribution in [0.3, 0.4) is 0 Å². The largest absolute Gasteiger partial charge is 0.497 e. The summed E-state index contributed by atoms with van der Waals surface area (Å²) in [6.45, 7) is 0.666. The zero-order valence-corrected chi connectivity index (χ0v) is 14.1. The van der Waals surface area contributed by atoms with Gasteiger partial charge in [-0.2, -0.15) is 4.52 Å². The van der Waals surface area contributed by atoms with Crippen molar-refractivity contribution < 1.29 is 9.53 Å². The Morgan fingerprint density at radius 3 is 2.76 bits per heavy atom. The van der Waals surface area contributed by atoms with Crippen LogP contribution in [0, 0.1) is 5.92 Å². The molecule has 1 aliphatic rings. The van der Waals surface area contributed by atoms with E-state index in [2.05, 4.69) is 15.4 Å². The lowest BCUT2D eigenvalue weighted by atomic mass is 10.2. The summed E-state index contributed by atoms with van der Waals surface area (Å²) >= 11 is 0. The third kappa shape index (κ3) is 3.47.